The number of esters is 2. The Morgan fingerprint density at radius 1 is 0.786 bits per heavy atom. The number of methoxy groups -OCH3 is 2. The number of benzene rings is 2. The highest BCUT2D eigenvalue weighted by Gasteiger charge is 2.66. The van der Waals surface area contributed by atoms with Gasteiger partial charge in [-0.15, -0.1) is 0 Å². The van der Waals surface area contributed by atoms with Gasteiger partial charge in [0.25, 0.3) is 11.2 Å². The number of carbonyl (C=O) groups excluding carboxylic acids is 3. The fourth-order valence-electron chi connectivity index (χ4n) is 5.58. The van der Waals surface area contributed by atoms with Crippen molar-refractivity contribution < 1.29 is 68.8 Å². The number of Topliss-reactive ketones (excluding diaryl/α,β-unsaturated/α-hetero) is 1. The second-order valence-electron chi connectivity index (χ2n) is 14.3. The number of ether oxygens (including phenoxy) is 5. The van der Waals surface area contributed by atoms with Gasteiger partial charge in [0.1, 0.15) is 18.5 Å². The van der Waals surface area contributed by atoms with Crippen LogP contribution in [0.25, 0.3) is 0 Å². The van der Waals surface area contributed by atoms with Crippen molar-refractivity contribution in [3.8, 4) is 0 Å². The molecule has 1 heterocycles. The monoisotopic (exact) mass is 818 g/mol. The first-order valence-electron chi connectivity index (χ1n) is 17.5. The molecule has 0 amide bonds. The molecule has 3 aromatic rings. The Kier molecular flexibility index (Phi) is 14.9. The van der Waals surface area contributed by atoms with Gasteiger partial charge in [0.15, 0.2) is 26.0 Å². The van der Waals surface area contributed by atoms with Crippen molar-refractivity contribution in [1.29, 1.82) is 0 Å². The number of nitrogens with zero attached hydrogens (tertiary/aromatic N) is 2. The van der Waals surface area contributed by atoms with E-state index in [1.165, 1.54) is 36.4 Å². The minimum absolute atomic E-state index is 0.156. The highest BCUT2D eigenvalue weighted by molar-refractivity contribution is 6.74. The molecule has 3 rings (SSSR count). The lowest BCUT2D eigenvalue weighted by molar-refractivity contribution is -0.286. The summed E-state index contributed by atoms with van der Waals surface area (Å²) in [5.74, 6) is -5.06. The van der Waals surface area contributed by atoms with Crippen LogP contribution in [-0.2, 0) is 55.6 Å². The normalized spacial score (nSPS) is 16.0. The highest BCUT2D eigenvalue weighted by atomic mass is 28.4. The maximum atomic E-state index is 15.1. The van der Waals surface area contributed by atoms with Gasteiger partial charge >= 0.3 is 24.3 Å². The van der Waals surface area contributed by atoms with E-state index in [1.807, 2.05) is 33.9 Å². The highest BCUT2D eigenvalue weighted by Crippen LogP contribution is 2.46. The van der Waals surface area contributed by atoms with Crippen LogP contribution >= 0.6 is 0 Å². The molecule has 1 aromatic heterocycles. The Balaban J connectivity index is 2.35. The Labute approximate surface area is 322 Å². The van der Waals surface area contributed by atoms with E-state index in [-0.39, 0.29) is 30.8 Å². The quantitative estimate of drug-likeness (QED) is 0.0537. The van der Waals surface area contributed by atoms with Crippen molar-refractivity contribution >= 4 is 26.0 Å². The first kappa shape index (κ1) is 46.3. The Morgan fingerprint density at radius 2 is 1.25 bits per heavy atom. The summed E-state index contributed by atoms with van der Waals surface area (Å²) in [5.41, 5.74) is -9.37. The lowest BCUT2D eigenvalue weighted by atomic mass is 9.92. The van der Waals surface area contributed by atoms with Gasteiger partial charge in [-0.1, -0.05) is 81.4 Å². The number of imidazole rings is 1. The van der Waals surface area contributed by atoms with E-state index in [9.17, 15) is 14.4 Å². The zero-order chi connectivity index (χ0) is 42.3. The predicted molar refractivity (Wildman–Crippen MR) is 193 cm³/mol. The van der Waals surface area contributed by atoms with Crippen LogP contribution in [0.15, 0.2) is 66.9 Å². The number of alkyl halides is 6. The largest absolute Gasteiger partial charge is 0.455 e. The first-order valence-corrected chi connectivity index (χ1v) is 20.4. The zero-order valence-electron chi connectivity index (χ0n) is 32.7. The van der Waals surface area contributed by atoms with Crippen molar-refractivity contribution in [2.24, 2.45) is 0 Å². The van der Waals surface area contributed by atoms with Crippen LogP contribution in [0.3, 0.4) is 0 Å². The van der Waals surface area contributed by atoms with E-state index in [0.717, 1.165) is 42.0 Å². The summed E-state index contributed by atoms with van der Waals surface area (Å²) in [6.07, 6.45) is -14.6. The molecule has 0 saturated heterocycles. The van der Waals surface area contributed by atoms with E-state index in [1.54, 1.807) is 6.92 Å². The average Bonchev–Trinajstić information content (AvgIpc) is 3.54. The Morgan fingerprint density at radius 3 is 1.64 bits per heavy atom. The van der Waals surface area contributed by atoms with Gasteiger partial charge < -0.3 is 32.7 Å². The fraction of sp³-hybridized carbons (Fsp3) is 0.526. The summed E-state index contributed by atoms with van der Waals surface area (Å²) in [5, 5.41) is -0.380. The topological polar surface area (TPSA) is 124 Å². The summed E-state index contributed by atoms with van der Waals surface area (Å²) in [4.78, 5) is 45.2. The van der Waals surface area contributed by atoms with E-state index < -0.39 is 85.0 Å². The third-order valence-electron chi connectivity index (χ3n) is 9.68. The van der Waals surface area contributed by atoms with Gasteiger partial charge in [-0.25, -0.2) is 14.6 Å². The van der Waals surface area contributed by atoms with Crippen molar-refractivity contribution in [2.75, 3.05) is 27.4 Å². The third kappa shape index (κ3) is 9.53. The molecule has 18 heteroatoms. The molecule has 4 atom stereocenters. The average molecular weight is 819 g/mol. The number of hydrogen-bond acceptors (Lipinski definition) is 10. The van der Waals surface area contributed by atoms with E-state index in [0.29, 0.717) is 14.2 Å². The SMILES string of the molecule is CCOCn1cc([C@H](OC(=O)C(OC)(c2ccccc2)C(F)(F)F)[C@@H](CCO[Si](C)(C)C(C)(C)C)OC(=O)C(OC)(c2ccccc2)C(F)(F)F)nc1C(C)=O. The summed E-state index contributed by atoms with van der Waals surface area (Å²) in [6.45, 7) is 11.8. The smallest absolute Gasteiger partial charge is 0.432 e. The van der Waals surface area contributed by atoms with Crippen LogP contribution in [-0.4, -0.2) is 81.5 Å². The van der Waals surface area contributed by atoms with Crippen molar-refractivity contribution in [3.63, 3.8) is 0 Å². The van der Waals surface area contributed by atoms with Crippen LogP contribution in [0.2, 0.25) is 18.1 Å². The fourth-order valence-corrected chi connectivity index (χ4v) is 6.64. The number of hydrogen-bond donors (Lipinski definition) is 0. The number of aromatic nitrogens is 2. The lowest BCUT2D eigenvalue weighted by Gasteiger charge is -2.38. The minimum atomic E-state index is -5.48. The molecule has 56 heavy (non-hydrogen) atoms. The molecule has 2 aromatic carbocycles. The van der Waals surface area contributed by atoms with Gasteiger partial charge in [0.05, 0.1) is 0 Å². The molecule has 0 fully saturated rings. The minimum Gasteiger partial charge on any atom is -0.455 e. The molecule has 0 aliphatic rings. The molecule has 310 valence electrons. The van der Waals surface area contributed by atoms with E-state index in [2.05, 4.69) is 4.98 Å². The summed E-state index contributed by atoms with van der Waals surface area (Å²) < 4.78 is 124. The summed E-state index contributed by atoms with van der Waals surface area (Å²) >= 11 is 0. The van der Waals surface area contributed by atoms with E-state index in [4.69, 9.17) is 28.1 Å². The van der Waals surface area contributed by atoms with Crippen LogP contribution in [0.1, 0.15) is 74.6 Å². The number of rotatable bonds is 18. The molecule has 2 unspecified atom stereocenters. The molecule has 0 aliphatic heterocycles. The van der Waals surface area contributed by atoms with Crippen LogP contribution < -0.4 is 0 Å². The van der Waals surface area contributed by atoms with Crippen molar-refractivity contribution in [3.05, 3.63) is 89.5 Å². The summed E-state index contributed by atoms with van der Waals surface area (Å²) in [7, 11) is -1.36. The molecular weight excluding hydrogens is 770 g/mol. The molecule has 0 N–H and O–H groups in total. The van der Waals surface area contributed by atoms with Crippen LogP contribution in [0.5, 0.6) is 0 Å². The van der Waals surface area contributed by atoms with Gasteiger partial charge in [-0.05, 0) is 25.1 Å². The van der Waals surface area contributed by atoms with Gasteiger partial charge in [0.2, 0.25) is 0 Å². The second-order valence-corrected chi connectivity index (χ2v) is 19.1. The van der Waals surface area contributed by atoms with Crippen molar-refractivity contribution in [1.82, 2.24) is 9.55 Å². The van der Waals surface area contributed by atoms with E-state index >= 15 is 26.3 Å². The zero-order valence-corrected chi connectivity index (χ0v) is 33.7. The maximum absolute atomic E-state index is 15.1. The van der Waals surface area contributed by atoms with Crippen molar-refractivity contribution in [2.45, 2.75) is 102 Å². The van der Waals surface area contributed by atoms with Crippen LogP contribution in [0, 0.1) is 0 Å². The van der Waals surface area contributed by atoms with Crippen LogP contribution in [0.4, 0.5) is 26.3 Å². The third-order valence-corrected chi connectivity index (χ3v) is 14.2. The molecule has 0 aliphatic carbocycles. The predicted octanol–water partition coefficient (Wildman–Crippen LogP) is 8.20. The standard InChI is InChI=1S/C38H48F6N2O9Si/c1-10-52-24-46-23-28(45-31(46)25(2)47)30(55-33(49)36(51-7,38(42,43)44)27-19-15-12-16-20-27)29(21-22-53-56(8,9)34(3,4)5)54-32(48)35(50-6,37(39,40)41)26-17-13-11-14-18-26/h11-20,23,29-30H,10,21-22,24H2,1-9H3/t29-,30+,35?,36?/m1/s1. The van der Waals surface area contributed by atoms with Gasteiger partial charge in [-0.2, -0.15) is 26.3 Å². The number of halogens is 6. The summed E-state index contributed by atoms with van der Waals surface area (Å²) in [6, 6.07) is 11.6. The number of ketones is 1. The number of carbonyl (C=O) groups is 3. The Bertz CT molecular complexity index is 1780. The first-order chi connectivity index (χ1) is 25.9. The molecule has 11 nitrogen and oxygen atoms in total. The molecule has 0 bridgehead atoms. The molecule has 0 saturated carbocycles. The second kappa shape index (κ2) is 18.0. The van der Waals surface area contributed by atoms with Gasteiger partial charge in [-0.3, -0.25) is 4.79 Å². The molecule has 0 spiro atoms. The maximum Gasteiger partial charge on any atom is 0.432 e. The molecular formula is C38H48F6N2O9Si. The molecule has 0 radical (unpaired) electrons. The van der Waals surface area contributed by atoms with Gasteiger partial charge in [0, 0.05) is 58.1 Å². The lowest BCUT2D eigenvalue weighted by Crippen LogP contribution is -2.54. The Hall–Kier alpha value is -4.10.